The van der Waals surface area contributed by atoms with Gasteiger partial charge in [-0.1, -0.05) is 13.0 Å². The zero-order valence-electron chi connectivity index (χ0n) is 9.36. The lowest BCUT2D eigenvalue weighted by Gasteiger charge is -2.21. The lowest BCUT2D eigenvalue weighted by atomic mass is 9.99. The van der Waals surface area contributed by atoms with Gasteiger partial charge in [-0.3, -0.25) is 0 Å². The van der Waals surface area contributed by atoms with Crippen LogP contribution in [0.1, 0.15) is 24.1 Å². The summed E-state index contributed by atoms with van der Waals surface area (Å²) >= 11 is 0. The van der Waals surface area contributed by atoms with Gasteiger partial charge in [0.15, 0.2) is 0 Å². The van der Waals surface area contributed by atoms with E-state index in [-0.39, 0.29) is 12.6 Å². The van der Waals surface area contributed by atoms with Gasteiger partial charge in [0, 0.05) is 0 Å². The average Bonchev–Trinajstić information content (AvgIpc) is 2.24. The maximum absolute atomic E-state index is 12.8. The summed E-state index contributed by atoms with van der Waals surface area (Å²) in [6.07, 6.45) is -7.89. The third kappa shape index (κ3) is 3.38. The second kappa shape index (κ2) is 5.60. The first-order chi connectivity index (χ1) is 8.27. The summed E-state index contributed by atoms with van der Waals surface area (Å²) in [7, 11) is 0. The van der Waals surface area contributed by atoms with Gasteiger partial charge in [-0.2, -0.15) is 13.2 Å². The van der Waals surface area contributed by atoms with Gasteiger partial charge in [0.2, 0.25) is 0 Å². The summed E-state index contributed by atoms with van der Waals surface area (Å²) in [4.78, 5) is 0. The molecule has 0 saturated carbocycles. The van der Waals surface area contributed by atoms with Crippen molar-refractivity contribution < 1.29 is 26.3 Å². The first kappa shape index (κ1) is 14.8. The van der Waals surface area contributed by atoms with E-state index in [0.29, 0.717) is 0 Å². The van der Waals surface area contributed by atoms with Crippen LogP contribution in [-0.4, -0.2) is 13.0 Å². The topological polar surface area (TPSA) is 12.0 Å². The maximum Gasteiger partial charge on any atom is 0.416 e. The van der Waals surface area contributed by atoms with E-state index in [9.17, 15) is 26.3 Å². The van der Waals surface area contributed by atoms with Crippen molar-refractivity contribution in [2.24, 2.45) is 0 Å². The van der Waals surface area contributed by atoms with Crippen molar-refractivity contribution in [3.63, 3.8) is 0 Å². The first-order valence-corrected chi connectivity index (χ1v) is 5.15. The first-order valence-electron chi connectivity index (χ1n) is 5.15. The molecular weight excluding hydrogens is 260 g/mol. The summed E-state index contributed by atoms with van der Waals surface area (Å²) in [6, 6.07) is -0.0796. The van der Waals surface area contributed by atoms with Crippen LogP contribution in [0.4, 0.5) is 26.3 Å². The Morgan fingerprint density at radius 2 is 1.83 bits per heavy atom. The van der Waals surface area contributed by atoms with Crippen LogP contribution in [0.25, 0.3) is 0 Å². The van der Waals surface area contributed by atoms with Crippen LogP contribution in [0.3, 0.4) is 0 Å². The molecule has 0 bridgehead atoms. The Morgan fingerprint density at radius 3 is 2.28 bits per heavy atom. The molecule has 0 heterocycles. The fraction of sp³-hybridized carbons (Fsp3) is 0.455. The number of alkyl halides is 5. The summed E-state index contributed by atoms with van der Waals surface area (Å²) < 4.78 is 76.2. The van der Waals surface area contributed by atoms with Crippen molar-refractivity contribution in [2.75, 3.05) is 6.54 Å². The van der Waals surface area contributed by atoms with Crippen LogP contribution in [0.5, 0.6) is 0 Å². The number of hydrogen-bond acceptors (Lipinski definition) is 1. The summed E-state index contributed by atoms with van der Waals surface area (Å²) in [6.45, 7) is 1.57. The van der Waals surface area contributed by atoms with Crippen LogP contribution in [0.2, 0.25) is 0 Å². The molecule has 1 aromatic rings. The minimum Gasteiger partial charge on any atom is -0.305 e. The molecule has 0 spiro atoms. The molecule has 1 atom stereocenters. The normalized spacial score (nSPS) is 14.0. The average molecular weight is 271 g/mol. The number of benzene rings is 1. The molecule has 0 aliphatic rings. The van der Waals surface area contributed by atoms with Gasteiger partial charge in [0.1, 0.15) is 5.82 Å². The van der Waals surface area contributed by atoms with Crippen molar-refractivity contribution in [3.8, 4) is 0 Å². The van der Waals surface area contributed by atoms with Crippen LogP contribution in [0, 0.1) is 5.82 Å². The molecule has 0 saturated heterocycles. The molecular formula is C11H11F6N. The van der Waals surface area contributed by atoms with E-state index < -0.39 is 35.6 Å². The smallest absolute Gasteiger partial charge is 0.305 e. The van der Waals surface area contributed by atoms with E-state index in [1.54, 1.807) is 0 Å². The molecule has 1 nitrogen and oxygen atoms in total. The second-order valence-electron chi connectivity index (χ2n) is 3.60. The third-order valence-corrected chi connectivity index (χ3v) is 2.33. The molecule has 0 fully saturated rings. The fourth-order valence-corrected chi connectivity index (χ4v) is 1.60. The molecule has 1 rings (SSSR count). The van der Waals surface area contributed by atoms with Gasteiger partial charge in [-0.25, -0.2) is 13.2 Å². The van der Waals surface area contributed by atoms with Crippen molar-refractivity contribution in [2.45, 2.75) is 25.6 Å². The van der Waals surface area contributed by atoms with Crippen LogP contribution in [0.15, 0.2) is 18.2 Å². The molecule has 0 radical (unpaired) electrons. The Hall–Kier alpha value is -1.24. The van der Waals surface area contributed by atoms with Crippen molar-refractivity contribution >= 4 is 0 Å². The lowest BCUT2D eigenvalue weighted by Crippen LogP contribution is -2.29. The van der Waals surface area contributed by atoms with Crippen LogP contribution >= 0.6 is 0 Å². The predicted octanol–water partition coefficient (Wildman–Crippen LogP) is 3.76. The summed E-state index contributed by atoms with van der Waals surface area (Å²) in [5.74, 6) is -1.12. The SMILES string of the molecule is CCNC(c1ccc(F)cc1C(F)(F)F)C(F)F. The number of rotatable bonds is 4. The standard InChI is InChI=1S/C11H11F6N/c1-2-18-9(10(13)14)7-4-3-6(12)5-8(7)11(15,16)17/h3-5,9-10,18H,2H2,1H3. The zero-order valence-corrected chi connectivity index (χ0v) is 9.36. The second-order valence-corrected chi connectivity index (χ2v) is 3.60. The van der Waals surface area contributed by atoms with Crippen molar-refractivity contribution in [3.05, 3.63) is 35.1 Å². The summed E-state index contributed by atoms with van der Waals surface area (Å²) in [5, 5.41) is 2.26. The van der Waals surface area contributed by atoms with Gasteiger partial charge in [-0.15, -0.1) is 0 Å². The van der Waals surface area contributed by atoms with Gasteiger partial charge in [0.25, 0.3) is 6.43 Å². The third-order valence-electron chi connectivity index (χ3n) is 2.33. The molecule has 0 amide bonds. The predicted molar refractivity (Wildman–Crippen MR) is 53.8 cm³/mol. The Labute approximate surface area is 99.8 Å². The van der Waals surface area contributed by atoms with E-state index in [4.69, 9.17) is 0 Å². The molecule has 1 aromatic carbocycles. The zero-order chi connectivity index (χ0) is 13.9. The minimum absolute atomic E-state index is 0.0731. The van der Waals surface area contributed by atoms with E-state index in [0.717, 1.165) is 12.1 Å². The molecule has 1 unspecified atom stereocenters. The minimum atomic E-state index is -4.88. The van der Waals surface area contributed by atoms with E-state index in [1.807, 2.05) is 0 Å². The number of hydrogen-bond donors (Lipinski definition) is 1. The maximum atomic E-state index is 12.8. The Morgan fingerprint density at radius 1 is 1.22 bits per heavy atom. The van der Waals surface area contributed by atoms with Crippen LogP contribution in [-0.2, 0) is 6.18 Å². The van der Waals surface area contributed by atoms with Crippen molar-refractivity contribution in [1.82, 2.24) is 5.32 Å². The van der Waals surface area contributed by atoms with Gasteiger partial charge < -0.3 is 5.32 Å². The number of halogens is 6. The van der Waals surface area contributed by atoms with Gasteiger partial charge in [0.05, 0.1) is 11.6 Å². The summed E-state index contributed by atoms with van der Waals surface area (Å²) in [5.41, 5.74) is -2.03. The Balaban J connectivity index is 3.29. The highest BCUT2D eigenvalue weighted by atomic mass is 19.4. The van der Waals surface area contributed by atoms with Crippen molar-refractivity contribution in [1.29, 1.82) is 0 Å². The molecule has 0 aromatic heterocycles. The molecule has 102 valence electrons. The van der Waals surface area contributed by atoms with Crippen LogP contribution < -0.4 is 5.32 Å². The highest BCUT2D eigenvalue weighted by molar-refractivity contribution is 5.33. The molecule has 0 aliphatic carbocycles. The monoisotopic (exact) mass is 271 g/mol. The molecule has 7 heteroatoms. The highest BCUT2D eigenvalue weighted by Gasteiger charge is 2.37. The van der Waals surface area contributed by atoms with Gasteiger partial charge >= 0.3 is 6.18 Å². The largest absolute Gasteiger partial charge is 0.416 e. The Bertz CT molecular complexity index is 401. The van der Waals surface area contributed by atoms with E-state index in [1.165, 1.54) is 6.92 Å². The number of nitrogens with one attached hydrogen (secondary N) is 1. The lowest BCUT2D eigenvalue weighted by molar-refractivity contribution is -0.139. The Kier molecular flexibility index (Phi) is 4.61. The molecule has 1 N–H and O–H groups in total. The highest BCUT2D eigenvalue weighted by Crippen LogP contribution is 2.36. The van der Waals surface area contributed by atoms with E-state index >= 15 is 0 Å². The molecule has 18 heavy (non-hydrogen) atoms. The quantitative estimate of drug-likeness (QED) is 0.822. The fourth-order valence-electron chi connectivity index (χ4n) is 1.60. The molecule has 0 aliphatic heterocycles. The van der Waals surface area contributed by atoms with Gasteiger partial charge in [-0.05, 0) is 24.2 Å². The van der Waals surface area contributed by atoms with E-state index in [2.05, 4.69) is 5.32 Å².